The van der Waals surface area contributed by atoms with Crippen molar-refractivity contribution >= 4 is 17.3 Å². The zero-order valence-electron chi connectivity index (χ0n) is 20.6. The molecule has 0 N–H and O–H groups in total. The van der Waals surface area contributed by atoms with Gasteiger partial charge in [-0.05, 0) is 48.2 Å². The summed E-state index contributed by atoms with van der Waals surface area (Å²) >= 11 is 0. The van der Waals surface area contributed by atoms with Gasteiger partial charge in [-0.2, -0.15) is 0 Å². The largest absolute Gasteiger partial charge is 1.00 e. The second-order valence-electron chi connectivity index (χ2n) is 8.95. The Morgan fingerprint density at radius 2 is 1.64 bits per heavy atom. The summed E-state index contributed by atoms with van der Waals surface area (Å²) in [5, 5.41) is 12.6. The molecule has 0 saturated heterocycles. The van der Waals surface area contributed by atoms with E-state index in [0.717, 1.165) is 32.1 Å². The first-order chi connectivity index (χ1) is 17.0. The van der Waals surface area contributed by atoms with Gasteiger partial charge in [-0.1, -0.05) is 32.1 Å². The molecule has 1 aliphatic carbocycles. The third kappa shape index (κ3) is 5.36. The van der Waals surface area contributed by atoms with Gasteiger partial charge in [0.1, 0.15) is 13.2 Å². The molecule has 0 amide bonds. The number of ether oxygens (including phenoxy) is 5. The van der Waals surface area contributed by atoms with Gasteiger partial charge in [0.05, 0.1) is 13.1 Å². The molecule has 0 atom stereocenters. The van der Waals surface area contributed by atoms with E-state index >= 15 is 0 Å². The molecule has 184 valence electrons. The molecule has 5 rings (SSSR count). The number of carboxylic acid groups (broad SMARTS) is 1. The van der Waals surface area contributed by atoms with E-state index in [1.54, 1.807) is 30.3 Å². The summed E-state index contributed by atoms with van der Waals surface area (Å²) in [7, 11) is 1.47. The topological polar surface area (TPSA) is 103 Å². The number of methoxy groups -OCH3 is 1. The predicted molar refractivity (Wildman–Crippen MR) is 124 cm³/mol. The van der Waals surface area contributed by atoms with Gasteiger partial charge in [-0.3, -0.25) is 4.79 Å². The van der Waals surface area contributed by atoms with Crippen molar-refractivity contribution in [2.45, 2.75) is 38.5 Å². The summed E-state index contributed by atoms with van der Waals surface area (Å²) < 4.78 is 27.6. The fraction of sp³-hybridized carbons (Fsp3) is 0.407. The molecule has 0 unspecified atom stereocenters. The van der Waals surface area contributed by atoms with Crippen LogP contribution < -0.4 is 58.3 Å². The average Bonchev–Trinajstić information content (AvgIpc) is 3.36. The van der Waals surface area contributed by atoms with Gasteiger partial charge in [0.15, 0.2) is 28.8 Å². The second kappa shape index (κ2) is 11.6. The number of aliphatic carboxylic acids is 1. The molecule has 9 heteroatoms. The Morgan fingerprint density at radius 1 is 0.917 bits per heavy atom. The van der Waals surface area contributed by atoms with E-state index in [-0.39, 0.29) is 64.8 Å². The molecule has 2 aromatic rings. The standard InChI is InChI=1S/C27H28O8.Na/c1-31-22-13-18(14-23-26(22)35-15-34-23)24(27(29)30)19(11-16-5-3-2-4-6-16)25(28)17-7-8-20-21(12-17)33-10-9-32-20;/h7-8,12-14,16H,2-6,9-11,15H2,1H3,(H,29,30);/q;+1/p-1/b24-19+;. The van der Waals surface area contributed by atoms with Crippen LogP contribution in [0.1, 0.15) is 54.4 Å². The summed E-state index contributed by atoms with van der Waals surface area (Å²) in [5.41, 5.74) is 0.663. The summed E-state index contributed by atoms with van der Waals surface area (Å²) in [6.45, 7) is 0.829. The Labute approximate surface area is 231 Å². The number of fused-ring (bicyclic) bond motifs is 2. The predicted octanol–water partition coefficient (Wildman–Crippen LogP) is 0.556. The van der Waals surface area contributed by atoms with E-state index in [9.17, 15) is 14.7 Å². The van der Waals surface area contributed by atoms with Gasteiger partial charge >= 0.3 is 29.6 Å². The molecule has 0 aromatic heterocycles. The van der Waals surface area contributed by atoms with Gasteiger partial charge in [0.2, 0.25) is 12.5 Å². The maximum atomic E-state index is 13.9. The van der Waals surface area contributed by atoms with Gasteiger partial charge in [0, 0.05) is 16.7 Å². The summed E-state index contributed by atoms with van der Waals surface area (Å²) in [5.74, 6) is 0.543. The van der Waals surface area contributed by atoms with Crippen molar-refractivity contribution in [3.8, 4) is 28.7 Å². The molecule has 1 saturated carbocycles. The number of carboxylic acids is 1. The first kappa shape index (κ1) is 26.4. The molecule has 36 heavy (non-hydrogen) atoms. The van der Waals surface area contributed by atoms with Crippen molar-refractivity contribution in [1.29, 1.82) is 0 Å². The van der Waals surface area contributed by atoms with Crippen molar-refractivity contribution < 1.29 is 67.9 Å². The van der Waals surface area contributed by atoms with Gasteiger partial charge in [-0.25, -0.2) is 0 Å². The Balaban J connectivity index is 0.00000304. The van der Waals surface area contributed by atoms with Crippen molar-refractivity contribution in [3.05, 3.63) is 47.0 Å². The van der Waals surface area contributed by atoms with Crippen LogP contribution in [0.2, 0.25) is 0 Å². The monoisotopic (exact) mass is 502 g/mol. The number of allylic oxidation sites excluding steroid dienone is 1. The van der Waals surface area contributed by atoms with Crippen molar-refractivity contribution in [3.63, 3.8) is 0 Å². The number of carbonyl (C=O) groups is 2. The number of hydrogen-bond acceptors (Lipinski definition) is 8. The first-order valence-electron chi connectivity index (χ1n) is 11.9. The van der Waals surface area contributed by atoms with Crippen molar-refractivity contribution in [2.75, 3.05) is 27.1 Å². The Bertz CT molecular complexity index is 1180. The number of ketones is 1. The van der Waals surface area contributed by atoms with E-state index in [1.807, 2.05) is 0 Å². The summed E-state index contributed by atoms with van der Waals surface area (Å²) in [6.07, 6.45) is 5.51. The fourth-order valence-electron chi connectivity index (χ4n) is 5.04. The average molecular weight is 502 g/mol. The second-order valence-corrected chi connectivity index (χ2v) is 8.95. The van der Waals surface area contributed by atoms with Crippen LogP contribution in [0.5, 0.6) is 28.7 Å². The molecular weight excluding hydrogens is 475 g/mol. The maximum Gasteiger partial charge on any atom is 1.00 e. The van der Waals surface area contributed by atoms with Gasteiger partial charge < -0.3 is 33.6 Å². The van der Waals surface area contributed by atoms with Crippen LogP contribution in [0.15, 0.2) is 35.9 Å². The van der Waals surface area contributed by atoms with Crippen LogP contribution in [0.25, 0.3) is 5.57 Å². The summed E-state index contributed by atoms with van der Waals surface area (Å²) in [6, 6.07) is 8.06. The molecular formula is C27H27NaO8. The Hall–Kier alpha value is -2.68. The number of carbonyl (C=O) groups excluding carboxylic acids is 2. The minimum Gasteiger partial charge on any atom is -0.545 e. The SMILES string of the molecule is COc1cc(/C(C(=O)[O-])=C(/CC2CCCCC2)C(=O)c2ccc3c(c2)OCCO3)cc2c1OCO2.[Na+]. The van der Waals surface area contributed by atoms with Crippen LogP contribution in [-0.4, -0.2) is 38.9 Å². The van der Waals surface area contributed by atoms with E-state index in [2.05, 4.69) is 0 Å². The molecule has 0 radical (unpaired) electrons. The Morgan fingerprint density at radius 3 is 2.36 bits per heavy atom. The first-order valence-corrected chi connectivity index (χ1v) is 11.9. The number of hydrogen-bond donors (Lipinski definition) is 0. The molecule has 8 nitrogen and oxygen atoms in total. The third-order valence-corrected chi connectivity index (χ3v) is 6.75. The van der Waals surface area contributed by atoms with Gasteiger partial charge in [-0.15, -0.1) is 0 Å². The zero-order chi connectivity index (χ0) is 24.4. The zero-order valence-corrected chi connectivity index (χ0v) is 22.6. The van der Waals surface area contributed by atoms with Crippen LogP contribution >= 0.6 is 0 Å². The van der Waals surface area contributed by atoms with E-state index in [0.29, 0.717) is 53.9 Å². The molecule has 0 bridgehead atoms. The molecule has 3 aliphatic rings. The number of rotatable bonds is 7. The van der Waals surface area contributed by atoms with E-state index in [1.165, 1.54) is 7.11 Å². The third-order valence-electron chi connectivity index (χ3n) is 6.75. The van der Waals surface area contributed by atoms with Crippen LogP contribution in [-0.2, 0) is 4.79 Å². The molecule has 2 aromatic carbocycles. The van der Waals surface area contributed by atoms with E-state index < -0.39 is 5.97 Å². The van der Waals surface area contributed by atoms with Gasteiger partial charge in [0.25, 0.3) is 0 Å². The normalized spacial score (nSPS) is 17.0. The molecule has 2 heterocycles. The van der Waals surface area contributed by atoms with Crippen molar-refractivity contribution in [1.82, 2.24) is 0 Å². The quantitative estimate of drug-likeness (QED) is 0.307. The molecule has 0 spiro atoms. The molecule has 1 fully saturated rings. The Kier molecular flexibility index (Phi) is 8.49. The number of Topliss-reactive ketones (excluding diaryl/α,β-unsaturated/α-hetero) is 1. The smallest absolute Gasteiger partial charge is 0.545 e. The molecule has 2 aliphatic heterocycles. The van der Waals surface area contributed by atoms with E-state index in [4.69, 9.17) is 23.7 Å². The van der Waals surface area contributed by atoms with Crippen molar-refractivity contribution in [2.24, 2.45) is 5.92 Å². The van der Waals surface area contributed by atoms with Crippen LogP contribution in [0, 0.1) is 5.92 Å². The van der Waals surface area contributed by atoms with Crippen LogP contribution in [0.4, 0.5) is 0 Å². The summed E-state index contributed by atoms with van der Waals surface area (Å²) in [4.78, 5) is 26.5. The minimum absolute atomic E-state index is 0. The fourth-order valence-corrected chi connectivity index (χ4v) is 5.04. The van der Waals surface area contributed by atoms with Crippen LogP contribution in [0.3, 0.4) is 0 Å². The minimum atomic E-state index is -1.43. The maximum absolute atomic E-state index is 13.9. The number of benzene rings is 2.